The molecule has 0 saturated carbocycles. The van der Waals surface area contributed by atoms with Gasteiger partial charge >= 0.3 is 0 Å². The van der Waals surface area contributed by atoms with E-state index in [0.717, 1.165) is 22.0 Å². The fourth-order valence-electron chi connectivity index (χ4n) is 3.84. The number of aryl methyl sites for hydroxylation is 1. The minimum Gasteiger partial charge on any atom is -0.467 e. The molecule has 164 valence electrons. The molecule has 0 aliphatic carbocycles. The summed E-state index contributed by atoms with van der Waals surface area (Å²) in [4.78, 5) is 30.9. The van der Waals surface area contributed by atoms with E-state index in [1.54, 1.807) is 17.2 Å². The van der Waals surface area contributed by atoms with Gasteiger partial charge in [-0.3, -0.25) is 9.59 Å². The summed E-state index contributed by atoms with van der Waals surface area (Å²) in [7, 11) is 0. The molecule has 1 N–H and O–H groups in total. The average Bonchev–Trinajstić information content (AvgIpc) is 3.27. The van der Waals surface area contributed by atoms with Crippen molar-refractivity contribution in [3.8, 4) is 0 Å². The number of benzene rings is 2. The molecule has 2 aromatic carbocycles. The zero-order valence-corrected chi connectivity index (χ0v) is 18.9. The number of hydrogen-bond acceptors (Lipinski definition) is 3. The van der Waals surface area contributed by atoms with Crippen LogP contribution in [-0.2, 0) is 18.5 Å². The molecule has 2 heterocycles. The van der Waals surface area contributed by atoms with E-state index in [1.165, 1.54) is 0 Å². The predicted molar refractivity (Wildman–Crippen MR) is 127 cm³/mol. The number of rotatable bonds is 5. The first-order chi connectivity index (χ1) is 15.2. The van der Waals surface area contributed by atoms with Gasteiger partial charge in [-0.15, -0.1) is 0 Å². The molecule has 0 radical (unpaired) electrons. The van der Waals surface area contributed by atoms with Gasteiger partial charge in [0.05, 0.1) is 24.9 Å². The lowest BCUT2D eigenvalue weighted by Gasteiger charge is -2.23. The van der Waals surface area contributed by atoms with Gasteiger partial charge in [-0.1, -0.05) is 51.1 Å². The maximum Gasteiger partial charge on any atom is 0.254 e. The summed E-state index contributed by atoms with van der Waals surface area (Å²) in [5, 5.41) is 0.944. The van der Waals surface area contributed by atoms with Crippen LogP contribution in [0.15, 0.2) is 76.1 Å². The summed E-state index contributed by atoms with van der Waals surface area (Å²) in [5.74, 6) is 0.517. The third-order valence-corrected chi connectivity index (χ3v) is 5.74. The minimum absolute atomic E-state index is 0.00591. The molecule has 4 aromatic rings. The Morgan fingerprint density at radius 2 is 1.75 bits per heavy atom. The van der Waals surface area contributed by atoms with Gasteiger partial charge in [-0.25, -0.2) is 0 Å². The molecule has 5 nitrogen and oxygen atoms in total. The van der Waals surface area contributed by atoms with Crippen LogP contribution in [0.1, 0.15) is 53.6 Å². The van der Waals surface area contributed by atoms with Gasteiger partial charge in [-0.05, 0) is 59.2 Å². The number of amides is 1. The predicted octanol–water partition coefficient (Wildman–Crippen LogP) is 5.57. The molecule has 0 spiro atoms. The number of nitrogens with one attached hydrogen (secondary N) is 1. The Labute approximate surface area is 187 Å². The molecule has 0 atom stereocenters. The molecular weight excluding hydrogens is 400 g/mol. The molecular formula is C27H28N2O3. The molecule has 4 rings (SSSR count). The number of carbonyl (C=O) groups is 1. The van der Waals surface area contributed by atoms with Gasteiger partial charge in [0, 0.05) is 11.1 Å². The van der Waals surface area contributed by atoms with Crippen LogP contribution >= 0.6 is 0 Å². The number of furan rings is 1. The van der Waals surface area contributed by atoms with Crippen molar-refractivity contribution in [3.63, 3.8) is 0 Å². The molecule has 32 heavy (non-hydrogen) atoms. The van der Waals surface area contributed by atoms with Gasteiger partial charge in [0.1, 0.15) is 5.76 Å². The Balaban J connectivity index is 1.68. The fourth-order valence-corrected chi connectivity index (χ4v) is 3.84. The van der Waals surface area contributed by atoms with Crippen LogP contribution in [0.3, 0.4) is 0 Å². The maximum absolute atomic E-state index is 13.4. The molecule has 1 amide bonds. The molecule has 0 unspecified atom stereocenters. The largest absolute Gasteiger partial charge is 0.467 e. The number of carbonyl (C=O) groups excluding carboxylic acids is 1. The zero-order chi connectivity index (χ0) is 22.9. The van der Waals surface area contributed by atoms with Crippen LogP contribution in [0.5, 0.6) is 0 Å². The minimum atomic E-state index is -0.188. The molecule has 0 saturated heterocycles. The lowest BCUT2D eigenvalue weighted by atomic mass is 9.86. The van der Waals surface area contributed by atoms with E-state index in [-0.39, 0.29) is 30.0 Å². The Morgan fingerprint density at radius 3 is 2.41 bits per heavy atom. The molecule has 0 aliphatic rings. The van der Waals surface area contributed by atoms with Crippen LogP contribution < -0.4 is 5.56 Å². The second-order valence-electron chi connectivity index (χ2n) is 9.23. The van der Waals surface area contributed by atoms with E-state index in [1.807, 2.05) is 61.5 Å². The van der Waals surface area contributed by atoms with Crippen molar-refractivity contribution in [2.75, 3.05) is 0 Å². The van der Waals surface area contributed by atoms with Crippen molar-refractivity contribution in [1.29, 1.82) is 0 Å². The summed E-state index contributed by atoms with van der Waals surface area (Å²) in [5.41, 5.74) is 3.93. The summed E-state index contributed by atoms with van der Waals surface area (Å²) >= 11 is 0. The second kappa shape index (κ2) is 8.50. The van der Waals surface area contributed by atoms with Gasteiger partial charge in [0.2, 0.25) is 0 Å². The number of hydrogen-bond donors (Lipinski definition) is 1. The van der Waals surface area contributed by atoms with Crippen molar-refractivity contribution in [1.82, 2.24) is 9.88 Å². The van der Waals surface area contributed by atoms with Crippen LogP contribution in [-0.4, -0.2) is 15.8 Å². The van der Waals surface area contributed by atoms with E-state index >= 15 is 0 Å². The Bertz CT molecular complexity index is 1290. The van der Waals surface area contributed by atoms with Crippen LogP contribution in [0.25, 0.3) is 10.9 Å². The van der Waals surface area contributed by atoms with Gasteiger partial charge in [0.25, 0.3) is 11.5 Å². The van der Waals surface area contributed by atoms with Gasteiger partial charge < -0.3 is 14.3 Å². The number of fused-ring (bicyclic) bond motifs is 1. The summed E-state index contributed by atoms with van der Waals surface area (Å²) < 4.78 is 5.49. The van der Waals surface area contributed by atoms with E-state index in [0.29, 0.717) is 16.9 Å². The standard InChI is InChI=1S/C27H28N2O3/c1-18-7-5-8-20-15-21(25(30)28-24(18)20)16-29(17-23-9-6-14-32-23)26(31)19-10-12-22(13-11-19)27(2,3)4/h5-15H,16-17H2,1-4H3,(H,28,30). The Hall–Kier alpha value is -3.60. The molecule has 2 aromatic heterocycles. The Kier molecular flexibility index (Phi) is 5.74. The number of nitrogens with zero attached hydrogens (tertiary/aromatic N) is 1. The first-order valence-electron chi connectivity index (χ1n) is 10.8. The van der Waals surface area contributed by atoms with Crippen LogP contribution in [0.4, 0.5) is 0 Å². The summed E-state index contributed by atoms with van der Waals surface area (Å²) in [6, 6.07) is 19.1. The monoisotopic (exact) mass is 428 g/mol. The number of aromatic nitrogens is 1. The van der Waals surface area contributed by atoms with E-state index < -0.39 is 0 Å². The molecule has 0 fully saturated rings. The fraction of sp³-hybridized carbons (Fsp3) is 0.259. The van der Waals surface area contributed by atoms with E-state index in [2.05, 4.69) is 25.8 Å². The number of H-pyrrole nitrogens is 1. The highest BCUT2D eigenvalue weighted by atomic mass is 16.3. The second-order valence-corrected chi connectivity index (χ2v) is 9.23. The lowest BCUT2D eigenvalue weighted by molar-refractivity contribution is 0.0717. The number of para-hydroxylation sites is 1. The number of pyridine rings is 1. The van der Waals surface area contributed by atoms with Crippen molar-refractivity contribution < 1.29 is 9.21 Å². The summed E-state index contributed by atoms with van der Waals surface area (Å²) in [6.45, 7) is 8.84. The molecule has 0 bridgehead atoms. The maximum atomic E-state index is 13.4. The lowest BCUT2D eigenvalue weighted by Crippen LogP contribution is -2.32. The highest BCUT2D eigenvalue weighted by molar-refractivity contribution is 5.94. The van der Waals surface area contributed by atoms with Crippen LogP contribution in [0, 0.1) is 6.92 Å². The van der Waals surface area contributed by atoms with Crippen molar-refractivity contribution in [2.45, 2.75) is 46.2 Å². The van der Waals surface area contributed by atoms with E-state index in [4.69, 9.17) is 4.42 Å². The smallest absolute Gasteiger partial charge is 0.254 e. The first kappa shape index (κ1) is 21.6. The average molecular weight is 429 g/mol. The van der Waals surface area contributed by atoms with Crippen molar-refractivity contribution >= 4 is 16.8 Å². The highest BCUT2D eigenvalue weighted by Crippen LogP contribution is 2.23. The Morgan fingerprint density at radius 1 is 1.00 bits per heavy atom. The van der Waals surface area contributed by atoms with Crippen LogP contribution in [0.2, 0.25) is 0 Å². The number of aromatic amines is 1. The zero-order valence-electron chi connectivity index (χ0n) is 18.9. The van der Waals surface area contributed by atoms with Gasteiger partial charge in [-0.2, -0.15) is 0 Å². The first-order valence-corrected chi connectivity index (χ1v) is 10.8. The topological polar surface area (TPSA) is 66.3 Å². The third kappa shape index (κ3) is 4.52. The summed E-state index contributed by atoms with van der Waals surface area (Å²) in [6.07, 6.45) is 1.59. The molecule has 0 aliphatic heterocycles. The molecule has 5 heteroatoms. The highest BCUT2D eigenvalue weighted by Gasteiger charge is 2.21. The van der Waals surface area contributed by atoms with E-state index in [9.17, 15) is 9.59 Å². The van der Waals surface area contributed by atoms with Gasteiger partial charge in [0.15, 0.2) is 0 Å². The van der Waals surface area contributed by atoms with Crippen molar-refractivity contribution in [3.05, 3.63) is 105 Å². The normalized spacial score (nSPS) is 11.6. The third-order valence-electron chi connectivity index (χ3n) is 5.74. The SMILES string of the molecule is Cc1cccc2cc(CN(Cc3ccco3)C(=O)c3ccc(C(C)(C)C)cc3)c(=O)[nH]c12. The quantitative estimate of drug-likeness (QED) is 0.452. The van der Waals surface area contributed by atoms with Crippen molar-refractivity contribution in [2.24, 2.45) is 0 Å².